The van der Waals surface area contributed by atoms with Crippen LogP contribution in [0.15, 0.2) is 24.3 Å². The fraction of sp³-hybridized carbons (Fsp3) is 0.455. The molecule has 1 aliphatic carbocycles. The number of alkyl halides is 1. The summed E-state index contributed by atoms with van der Waals surface area (Å²) in [6, 6.07) is 6.87. The Morgan fingerprint density at radius 1 is 1.36 bits per heavy atom. The summed E-state index contributed by atoms with van der Waals surface area (Å²) in [7, 11) is 0. The Balaban J connectivity index is 2.30. The van der Waals surface area contributed by atoms with Crippen LogP contribution < -0.4 is 5.73 Å². The number of phenolic OH excluding ortho intramolecular Hbond substituents is 1. The minimum atomic E-state index is -1.18. The van der Waals surface area contributed by atoms with Crippen LogP contribution in [0.3, 0.4) is 0 Å². The summed E-state index contributed by atoms with van der Waals surface area (Å²) >= 11 is 0. The molecule has 1 fully saturated rings. The largest absolute Gasteiger partial charge is 0.508 e. The first-order valence-corrected chi connectivity index (χ1v) is 4.69. The van der Waals surface area contributed by atoms with E-state index in [0.717, 1.165) is 0 Å². The highest BCUT2D eigenvalue weighted by atomic mass is 19.1. The van der Waals surface area contributed by atoms with Gasteiger partial charge in [-0.3, -0.25) is 0 Å². The summed E-state index contributed by atoms with van der Waals surface area (Å²) in [6.07, 6.45) is 0.551. The summed E-state index contributed by atoms with van der Waals surface area (Å²) in [5.41, 5.74) is 4.78. The number of hydrogen-bond acceptors (Lipinski definition) is 2. The van der Waals surface area contributed by atoms with Crippen molar-refractivity contribution in [3.63, 3.8) is 0 Å². The zero-order valence-corrected chi connectivity index (χ0v) is 8.13. The van der Waals surface area contributed by atoms with E-state index in [1.54, 1.807) is 24.3 Å². The smallest absolute Gasteiger partial charge is 0.120 e. The Labute approximate surface area is 82.5 Å². The highest BCUT2D eigenvalue weighted by molar-refractivity contribution is 5.40. The van der Waals surface area contributed by atoms with Crippen molar-refractivity contribution in [2.24, 2.45) is 5.73 Å². The van der Waals surface area contributed by atoms with Gasteiger partial charge in [0.05, 0.1) is 5.54 Å². The van der Waals surface area contributed by atoms with Gasteiger partial charge in [0, 0.05) is 18.4 Å². The van der Waals surface area contributed by atoms with Gasteiger partial charge in [-0.05, 0) is 13.0 Å². The summed E-state index contributed by atoms with van der Waals surface area (Å²) in [5.74, 6) is 0.158. The predicted octanol–water partition coefficient (Wildman–Crippen LogP) is 2.07. The summed E-state index contributed by atoms with van der Waals surface area (Å²) < 4.78 is 13.4. The summed E-state index contributed by atoms with van der Waals surface area (Å²) in [4.78, 5) is 0. The predicted molar refractivity (Wildman–Crippen MR) is 52.7 cm³/mol. The fourth-order valence-corrected chi connectivity index (χ4v) is 2.35. The third-order valence-corrected chi connectivity index (χ3v) is 2.81. The van der Waals surface area contributed by atoms with Gasteiger partial charge in [-0.15, -0.1) is 0 Å². The number of halogens is 1. The van der Waals surface area contributed by atoms with Crippen LogP contribution in [-0.2, 0) is 5.54 Å². The minimum absolute atomic E-state index is 0.158. The summed E-state index contributed by atoms with van der Waals surface area (Å²) in [6.45, 7) is 1.54. The number of hydrogen-bond donors (Lipinski definition) is 2. The molecule has 0 heterocycles. The molecule has 14 heavy (non-hydrogen) atoms. The van der Waals surface area contributed by atoms with E-state index in [9.17, 15) is 9.50 Å². The van der Waals surface area contributed by atoms with Crippen molar-refractivity contribution in [2.45, 2.75) is 31.0 Å². The first kappa shape index (κ1) is 9.46. The van der Waals surface area contributed by atoms with Crippen molar-refractivity contribution >= 4 is 0 Å². The molecule has 0 bridgehead atoms. The SMILES string of the molecule is CC1(F)CC(N)(c2ccccc2O)C1. The Bertz CT molecular complexity index is 354. The summed E-state index contributed by atoms with van der Waals surface area (Å²) in [5, 5.41) is 9.58. The normalized spacial score (nSPS) is 36.5. The molecular weight excluding hydrogens is 181 g/mol. The van der Waals surface area contributed by atoms with Gasteiger partial charge >= 0.3 is 0 Å². The molecule has 1 aromatic rings. The Hall–Kier alpha value is -1.09. The third kappa shape index (κ3) is 1.38. The molecule has 0 radical (unpaired) electrons. The van der Waals surface area contributed by atoms with Gasteiger partial charge in [-0.2, -0.15) is 0 Å². The molecule has 0 amide bonds. The van der Waals surface area contributed by atoms with E-state index < -0.39 is 11.2 Å². The number of rotatable bonds is 1. The van der Waals surface area contributed by atoms with Gasteiger partial charge in [0.15, 0.2) is 0 Å². The van der Waals surface area contributed by atoms with E-state index in [1.807, 2.05) is 0 Å². The lowest BCUT2D eigenvalue weighted by Gasteiger charge is -2.48. The topological polar surface area (TPSA) is 46.2 Å². The standard InChI is InChI=1S/C11H14FNO/c1-10(12)6-11(13,7-10)8-4-2-3-5-9(8)14/h2-5,14H,6-7,13H2,1H3. The molecule has 1 aliphatic rings. The second kappa shape index (κ2) is 2.70. The molecule has 0 aromatic heterocycles. The van der Waals surface area contributed by atoms with Crippen LogP contribution in [0.25, 0.3) is 0 Å². The number of benzene rings is 1. The lowest BCUT2D eigenvalue weighted by atomic mass is 9.64. The van der Waals surface area contributed by atoms with Crippen LogP contribution >= 0.6 is 0 Å². The zero-order chi connectivity index (χ0) is 10.4. The third-order valence-electron chi connectivity index (χ3n) is 2.81. The van der Waals surface area contributed by atoms with Crippen LogP contribution in [0.2, 0.25) is 0 Å². The molecule has 0 saturated heterocycles. The maximum Gasteiger partial charge on any atom is 0.120 e. The quantitative estimate of drug-likeness (QED) is 0.720. The van der Waals surface area contributed by atoms with Crippen molar-refractivity contribution in [3.8, 4) is 5.75 Å². The Kier molecular flexibility index (Phi) is 1.83. The first-order chi connectivity index (χ1) is 6.43. The van der Waals surface area contributed by atoms with Crippen LogP contribution in [0.5, 0.6) is 5.75 Å². The van der Waals surface area contributed by atoms with E-state index in [0.29, 0.717) is 5.56 Å². The molecule has 76 valence electrons. The van der Waals surface area contributed by atoms with Gasteiger partial charge in [0.25, 0.3) is 0 Å². The molecule has 3 N–H and O–H groups in total. The molecule has 1 saturated carbocycles. The van der Waals surface area contributed by atoms with Gasteiger partial charge in [0.2, 0.25) is 0 Å². The highest BCUT2D eigenvalue weighted by Crippen LogP contribution is 2.50. The molecule has 0 atom stereocenters. The number of nitrogens with two attached hydrogens (primary N) is 1. The van der Waals surface area contributed by atoms with E-state index in [4.69, 9.17) is 5.73 Å². The van der Waals surface area contributed by atoms with E-state index in [2.05, 4.69) is 0 Å². The zero-order valence-electron chi connectivity index (χ0n) is 8.13. The van der Waals surface area contributed by atoms with Crippen molar-refractivity contribution in [1.29, 1.82) is 0 Å². The lowest BCUT2D eigenvalue weighted by Crippen LogP contribution is -2.56. The molecule has 2 rings (SSSR count). The fourth-order valence-electron chi connectivity index (χ4n) is 2.35. The van der Waals surface area contributed by atoms with Crippen LogP contribution in [0.4, 0.5) is 4.39 Å². The molecular formula is C11H14FNO. The van der Waals surface area contributed by atoms with E-state index in [-0.39, 0.29) is 18.6 Å². The van der Waals surface area contributed by atoms with Gasteiger partial charge < -0.3 is 10.8 Å². The van der Waals surface area contributed by atoms with Gasteiger partial charge in [-0.1, -0.05) is 18.2 Å². The molecule has 2 nitrogen and oxygen atoms in total. The second-order valence-electron chi connectivity index (χ2n) is 4.44. The van der Waals surface area contributed by atoms with Gasteiger partial charge in [0.1, 0.15) is 11.4 Å². The van der Waals surface area contributed by atoms with Crippen molar-refractivity contribution in [1.82, 2.24) is 0 Å². The molecule has 0 spiro atoms. The van der Waals surface area contributed by atoms with Crippen molar-refractivity contribution in [3.05, 3.63) is 29.8 Å². The molecule has 0 aliphatic heterocycles. The maximum absolute atomic E-state index is 13.4. The van der Waals surface area contributed by atoms with Crippen molar-refractivity contribution < 1.29 is 9.50 Å². The first-order valence-electron chi connectivity index (χ1n) is 4.69. The lowest BCUT2D eigenvalue weighted by molar-refractivity contribution is 0.000293. The van der Waals surface area contributed by atoms with Crippen LogP contribution in [0, 0.1) is 0 Å². The van der Waals surface area contributed by atoms with Crippen molar-refractivity contribution in [2.75, 3.05) is 0 Å². The molecule has 3 heteroatoms. The molecule has 0 unspecified atom stereocenters. The minimum Gasteiger partial charge on any atom is -0.508 e. The Morgan fingerprint density at radius 3 is 2.43 bits per heavy atom. The Morgan fingerprint density at radius 2 is 1.93 bits per heavy atom. The number of aromatic hydroxyl groups is 1. The molecule has 1 aromatic carbocycles. The monoisotopic (exact) mass is 195 g/mol. The van der Waals surface area contributed by atoms with Gasteiger partial charge in [-0.25, -0.2) is 4.39 Å². The van der Waals surface area contributed by atoms with Crippen LogP contribution in [-0.4, -0.2) is 10.8 Å². The average molecular weight is 195 g/mol. The van der Waals surface area contributed by atoms with Crippen LogP contribution in [0.1, 0.15) is 25.3 Å². The number of para-hydroxylation sites is 1. The highest BCUT2D eigenvalue weighted by Gasteiger charge is 2.52. The average Bonchev–Trinajstić information content (AvgIpc) is 2.00. The second-order valence-corrected chi connectivity index (χ2v) is 4.44. The van der Waals surface area contributed by atoms with E-state index >= 15 is 0 Å². The number of phenols is 1. The van der Waals surface area contributed by atoms with E-state index in [1.165, 1.54) is 6.92 Å². The maximum atomic E-state index is 13.4.